The molecular formula is C31H51N5O6S2. The van der Waals surface area contributed by atoms with Crippen LogP contribution in [0.5, 0.6) is 0 Å². The van der Waals surface area contributed by atoms with Crippen molar-refractivity contribution in [3.05, 3.63) is 47.4 Å². The number of aliphatic imine (C=N–C) groups is 1. The number of carbonyl (C=O) groups excluding carboxylic acids is 2. The monoisotopic (exact) mass is 653 g/mol. The molecule has 1 aliphatic rings. The Morgan fingerprint density at radius 1 is 1.14 bits per heavy atom. The Kier molecular flexibility index (Phi) is 14.7. The van der Waals surface area contributed by atoms with Crippen LogP contribution in [-0.2, 0) is 26.0 Å². The maximum absolute atomic E-state index is 13.1. The summed E-state index contributed by atoms with van der Waals surface area (Å²) in [6.45, 7) is 17.3. The number of hydrogen-bond donors (Lipinski definition) is 4. The van der Waals surface area contributed by atoms with Gasteiger partial charge in [0.25, 0.3) is 0 Å². The SMILES string of the molecule is C=C(CC(/N=C(\SC)[C@@H]1CC[C@@H](NC(=O)OC(C)C)CO1)[C@H](C)C(C)NC(=O)NCc1ccccc1)S(=O)(=O)NC(C)(C)C. The standard InChI is InChI=1S/C31H51N5O6S2/c1-20(2)42-30(38)34-25-15-16-27(41-19-25)28(43-9)35-26(17-21(3)44(39,40)36-31(6,7)8)22(4)23(5)33-29(37)32-18-24-13-11-10-12-14-24/h10-14,20,22-23,25-27,36H,3,15-19H2,1-2,4-9H3,(H,34,38)(H2,32,33,37)/b35-28-/t22-,23?,25-,26?,27+/m1/s1. The third kappa shape index (κ3) is 13.2. The molecule has 11 nitrogen and oxygen atoms in total. The molecule has 4 N–H and O–H groups in total. The van der Waals surface area contributed by atoms with Crippen molar-refractivity contribution in [1.82, 2.24) is 20.7 Å². The molecular weight excluding hydrogens is 603 g/mol. The molecule has 1 saturated heterocycles. The van der Waals surface area contributed by atoms with Crippen molar-refractivity contribution in [3.8, 4) is 0 Å². The van der Waals surface area contributed by atoms with Crippen LogP contribution in [0.25, 0.3) is 0 Å². The molecule has 1 heterocycles. The van der Waals surface area contributed by atoms with Crippen molar-refractivity contribution in [3.63, 3.8) is 0 Å². The third-order valence-electron chi connectivity index (χ3n) is 7.03. The maximum Gasteiger partial charge on any atom is 0.407 e. The molecule has 13 heteroatoms. The molecule has 2 rings (SSSR count). The summed E-state index contributed by atoms with van der Waals surface area (Å²) in [7, 11) is -3.83. The Hall–Kier alpha value is -2.61. The quantitative estimate of drug-likeness (QED) is 0.174. The third-order valence-corrected chi connectivity index (χ3v) is 9.62. The fraction of sp³-hybridized carbons (Fsp3) is 0.645. The zero-order valence-electron chi connectivity index (χ0n) is 27.3. The van der Waals surface area contributed by atoms with Gasteiger partial charge in [0.1, 0.15) is 6.10 Å². The van der Waals surface area contributed by atoms with Gasteiger partial charge in [-0.2, -0.15) is 0 Å². The van der Waals surface area contributed by atoms with Crippen molar-refractivity contribution >= 4 is 39.0 Å². The van der Waals surface area contributed by atoms with Crippen molar-refractivity contribution in [1.29, 1.82) is 0 Å². The summed E-state index contributed by atoms with van der Waals surface area (Å²) in [5.74, 6) is -0.259. The lowest BCUT2D eigenvalue weighted by atomic mass is 9.92. The molecule has 1 fully saturated rings. The van der Waals surface area contributed by atoms with Crippen LogP contribution < -0.4 is 20.7 Å². The van der Waals surface area contributed by atoms with Gasteiger partial charge in [-0.3, -0.25) is 4.99 Å². The lowest BCUT2D eigenvalue weighted by molar-refractivity contribution is 0.0330. The molecule has 0 bridgehead atoms. The number of amides is 3. The van der Waals surface area contributed by atoms with E-state index in [0.29, 0.717) is 26.0 Å². The molecule has 0 spiro atoms. The largest absolute Gasteiger partial charge is 0.447 e. The van der Waals surface area contributed by atoms with E-state index in [1.54, 1.807) is 34.6 Å². The van der Waals surface area contributed by atoms with Gasteiger partial charge in [0.2, 0.25) is 10.0 Å². The molecule has 3 amide bonds. The van der Waals surface area contributed by atoms with Crippen LogP contribution in [0.15, 0.2) is 46.8 Å². The van der Waals surface area contributed by atoms with Gasteiger partial charge in [0.15, 0.2) is 0 Å². The van der Waals surface area contributed by atoms with E-state index in [0.717, 1.165) is 10.6 Å². The van der Waals surface area contributed by atoms with E-state index in [4.69, 9.17) is 14.5 Å². The van der Waals surface area contributed by atoms with E-state index in [2.05, 4.69) is 27.3 Å². The first-order valence-electron chi connectivity index (χ1n) is 15.0. The zero-order valence-corrected chi connectivity index (χ0v) is 28.9. The summed E-state index contributed by atoms with van der Waals surface area (Å²) in [4.78, 5) is 29.8. The number of urea groups is 1. The van der Waals surface area contributed by atoms with E-state index in [1.807, 2.05) is 50.4 Å². The topological polar surface area (TPSA) is 147 Å². The van der Waals surface area contributed by atoms with Crippen LogP contribution in [0.2, 0.25) is 0 Å². The van der Waals surface area contributed by atoms with Gasteiger partial charge in [-0.15, -0.1) is 11.8 Å². The number of thioether (sulfide) groups is 1. The van der Waals surface area contributed by atoms with Gasteiger partial charge in [0, 0.05) is 24.5 Å². The molecule has 0 radical (unpaired) electrons. The second-order valence-electron chi connectivity index (χ2n) is 12.5. The number of hydrogen-bond acceptors (Lipinski definition) is 8. The Morgan fingerprint density at radius 2 is 1.80 bits per heavy atom. The lowest BCUT2D eigenvalue weighted by Gasteiger charge is -2.32. The van der Waals surface area contributed by atoms with Crippen LogP contribution in [0.4, 0.5) is 9.59 Å². The summed E-state index contributed by atoms with van der Waals surface area (Å²) in [6, 6.07) is 8.23. The van der Waals surface area contributed by atoms with Crippen molar-refractivity contribution < 1.29 is 27.5 Å². The lowest BCUT2D eigenvalue weighted by Crippen LogP contribution is -2.47. The normalized spacial score (nSPS) is 19.9. The smallest absolute Gasteiger partial charge is 0.407 e. The minimum Gasteiger partial charge on any atom is -0.447 e. The molecule has 248 valence electrons. The predicted molar refractivity (Wildman–Crippen MR) is 178 cm³/mol. The van der Waals surface area contributed by atoms with E-state index >= 15 is 0 Å². The average Bonchev–Trinajstić information content (AvgIpc) is 2.93. The highest BCUT2D eigenvalue weighted by Gasteiger charge is 2.32. The Labute approximate surface area is 267 Å². The fourth-order valence-electron chi connectivity index (χ4n) is 4.57. The molecule has 44 heavy (non-hydrogen) atoms. The van der Waals surface area contributed by atoms with E-state index in [-0.39, 0.29) is 47.6 Å². The molecule has 1 aliphatic heterocycles. The first-order chi connectivity index (χ1) is 20.5. The van der Waals surface area contributed by atoms with Crippen molar-refractivity contribution in [2.24, 2.45) is 10.9 Å². The molecule has 0 aliphatic carbocycles. The zero-order chi connectivity index (χ0) is 33.1. The summed E-state index contributed by atoms with van der Waals surface area (Å²) < 4.78 is 40.2. The van der Waals surface area contributed by atoms with Crippen LogP contribution in [-0.4, -0.2) is 74.3 Å². The number of alkyl carbamates (subject to hydrolysis) is 1. The molecule has 1 aromatic rings. The van der Waals surface area contributed by atoms with E-state index in [1.165, 1.54) is 11.8 Å². The number of ether oxygens (including phenoxy) is 2. The molecule has 0 aromatic heterocycles. The highest BCUT2D eigenvalue weighted by Crippen LogP contribution is 2.27. The number of nitrogens with zero attached hydrogens (tertiary/aromatic N) is 1. The molecule has 2 unspecified atom stereocenters. The van der Waals surface area contributed by atoms with Gasteiger partial charge in [-0.05, 0) is 72.1 Å². The number of benzene rings is 1. The summed E-state index contributed by atoms with van der Waals surface area (Å²) in [6.07, 6.45) is 2.25. The Morgan fingerprint density at radius 3 is 2.34 bits per heavy atom. The first-order valence-corrected chi connectivity index (χ1v) is 17.7. The van der Waals surface area contributed by atoms with Gasteiger partial charge in [-0.25, -0.2) is 22.7 Å². The van der Waals surface area contributed by atoms with Crippen LogP contribution in [0, 0.1) is 5.92 Å². The van der Waals surface area contributed by atoms with Crippen molar-refractivity contribution in [2.45, 2.75) is 110 Å². The van der Waals surface area contributed by atoms with Crippen LogP contribution in [0.1, 0.15) is 73.3 Å². The van der Waals surface area contributed by atoms with Gasteiger partial charge in [0.05, 0.1) is 34.7 Å². The minimum atomic E-state index is -3.83. The summed E-state index contributed by atoms with van der Waals surface area (Å²) >= 11 is 1.44. The average molecular weight is 654 g/mol. The molecule has 5 atom stereocenters. The Bertz CT molecular complexity index is 1230. The number of nitrogens with one attached hydrogen (secondary N) is 4. The van der Waals surface area contributed by atoms with Crippen molar-refractivity contribution in [2.75, 3.05) is 12.9 Å². The van der Waals surface area contributed by atoms with E-state index in [9.17, 15) is 18.0 Å². The maximum atomic E-state index is 13.1. The first kappa shape index (κ1) is 37.6. The van der Waals surface area contributed by atoms with Gasteiger partial charge >= 0.3 is 12.1 Å². The minimum absolute atomic E-state index is 0.0201. The highest BCUT2D eigenvalue weighted by atomic mass is 32.2. The number of carbonyl (C=O) groups is 2. The van der Waals surface area contributed by atoms with Gasteiger partial charge in [-0.1, -0.05) is 43.8 Å². The highest BCUT2D eigenvalue weighted by molar-refractivity contribution is 8.13. The summed E-state index contributed by atoms with van der Waals surface area (Å²) in [5.41, 5.74) is 0.301. The predicted octanol–water partition coefficient (Wildman–Crippen LogP) is 4.94. The van der Waals surface area contributed by atoms with Gasteiger partial charge < -0.3 is 25.4 Å². The van der Waals surface area contributed by atoms with Crippen LogP contribution in [0.3, 0.4) is 0 Å². The second-order valence-corrected chi connectivity index (χ2v) is 15.1. The molecule has 0 saturated carbocycles. The Balaban J connectivity index is 2.19. The number of sulfonamides is 1. The second kappa shape index (κ2) is 17.2. The summed E-state index contributed by atoms with van der Waals surface area (Å²) in [5, 5.41) is 9.42. The van der Waals surface area contributed by atoms with Crippen LogP contribution >= 0.6 is 11.8 Å². The molecule has 1 aromatic carbocycles. The fourth-order valence-corrected chi connectivity index (χ4v) is 6.60. The van der Waals surface area contributed by atoms with E-state index < -0.39 is 27.7 Å². The number of rotatable bonds is 13.